The van der Waals surface area contributed by atoms with Gasteiger partial charge >= 0.3 is 0 Å². The third-order valence-electron chi connectivity index (χ3n) is 2.83. The minimum atomic E-state index is -0.213. The van der Waals surface area contributed by atoms with Crippen molar-refractivity contribution in [3.05, 3.63) is 71.0 Å². The largest absolute Gasteiger partial charge is 0.207 e. The van der Waals surface area contributed by atoms with Gasteiger partial charge in [-0.05, 0) is 42.2 Å². The van der Waals surface area contributed by atoms with Crippen molar-refractivity contribution in [2.75, 3.05) is 0 Å². The highest BCUT2D eigenvalue weighted by atomic mass is 35.5. The van der Waals surface area contributed by atoms with Gasteiger partial charge in [-0.25, -0.2) is 4.39 Å². The average Bonchev–Trinajstić information content (AvgIpc) is 2.30. The van der Waals surface area contributed by atoms with Crippen LogP contribution in [0.25, 0.3) is 0 Å². The lowest BCUT2D eigenvalue weighted by molar-refractivity contribution is 0.625. The molecule has 0 aliphatic carbocycles. The molecule has 0 aliphatic heterocycles. The van der Waals surface area contributed by atoms with Crippen molar-refractivity contribution in [1.82, 2.24) is 0 Å². The molecule has 0 heterocycles. The molecule has 0 amide bonds. The second kappa shape index (κ2) is 5.33. The number of aryl methyl sites for hydroxylation is 1. The standard InChI is InChI=1S/C15H14ClF/c1-11-9-13(17)7-8-14(11)15(16)10-12-5-3-2-4-6-12/h2-9,15H,10H2,1H3. The van der Waals surface area contributed by atoms with E-state index >= 15 is 0 Å². The lowest BCUT2D eigenvalue weighted by Gasteiger charge is -2.12. The molecule has 17 heavy (non-hydrogen) atoms. The van der Waals surface area contributed by atoms with Crippen LogP contribution < -0.4 is 0 Å². The summed E-state index contributed by atoms with van der Waals surface area (Å²) >= 11 is 6.38. The second-order valence-corrected chi connectivity index (χ2v) is 4.68. The Morgan fingerprint density at radius 1 is 1.12 bits per heavy atom. The van der Waals surface area contributed by atoms with Gasteiger partial charge in [0.2, 0.25) is 0 Å². The van der Waals surface area contributed by atoms with Gasteiger partial charge in [-0.1, -0.05) is 36.4 Å². The fourth-order valence-electron chi connectivity index (χ4n) is 1.92. The zero-order valence-electron chi connectivity index (χ0n) is 9.66. The van der Waals surface area contributed by atoms with E-state index in [2.05, 4.69) is 0 Å². The Balaban J connectivity index is 2.17. The Bertz CT molecular complexity index is 494. The molecule has 2 aromatic rings. The normalized spacial score (nSPS) is 12.4. The van der Waals surface area contributed by atoms with Gasteiger partial charge in [0.25, 0.3) is 0 Å². The van der Waals surface area contributed by atoms with E-state index in [-0.39, 0.29) is 11.2 Å². The molecule has 0 nitrogen and oxygen atoms in total. The zero-order chi connectivity index (χ0) is 12.3. The van der Waals surface area contributed by atoms with Crippen LogP contribution in [0.2, 0.25) is 0 Å². The highest BCUT2D eigenvalue weighted by molar-refractivity contribution is 6.21. The Hall–Kier alpha value is -1.34. The molecule has 0 N–H and O–H groups in total. The third kappa shape index (κ3) is 3.07. The van der Waals surface area contributed by atoms with Crippen molar-refractivity contribution in [2.24, 2.45) is 0 Å². The van der Waals surface area contributed by atoms with E-state index in [1.165, 1.54) is 17.7 Å². The van der Waals surface area contributed by atoms with Crippen molar-refractivity contribution in [3.63, 3.8) is 0 Å². The number of halogens is 2. The van der Waals surface area contributed by atoms with Crippen LogP contribution in [0.4, 0.5) is 4.39 Å². The van der Waals surface area contributed by atoms with Crippen LogP contribution in [0.5, 0.6) is 0 Å². The molecule has 0 spiro atoms. The highest BCUT2D eigenvalue weighted by Crippen LogP contribution is 2.27. The molecule has 0 saturated carbocycles. The van der Waals surface area contributed by atoms with Gasteiger partial charge < -0.3 is 0 Å². The maximum atomic E-state index is 13.0. The quantitative estimate of drug-likeness (QED) is 0.694. The third-order valence-corrected chi connectivity index (χ3v) is 3.22. The van der Waals surface area contributed by atoms with Crippen molar-refractivity contribution < 1.29 is 4.39 Å². The number of alkyl halides is 1. The molecule has 2 rings (SSSR count). The van der Waals surface area contributed by atoms with Crippen LogP contribution in [0, 0.1) is 12.7 Å². The number of hydrogen-bond acceptors (Lipinski definition) is 0. The van der Waals surface area contributed by atoms with Crippen LogP contribution in [0.1, 0.15) is 22.1 Å². The van der Waals surface area contributed by atoms with Crippen LogP contribution in [0.15, 0.2) is 48.5 Å². The molecular weight excluding hydrogens is 235 g/mol. The SMILES string of the molecule is Cc1cc(F)ccc1C(Cl)Cc1ccccc1. The van der Waals surface area contributed by atoms with Gasteiger partial charge in [-0.3, -0.25) is 0 Å². The van der Waals surface area contributed by atoms with Crippen molar-refractivity contribution in [3.8, 4) is 0 Å². The van der Waals surface area contributed by atoms with Crippen LogP contribution in [-0.2, 0) is 6.42 Å². The average molecular weight is 249 g/mol. The van der Waals surface area contributed by atoms with E-state index in [1.54, 1.807) is 6.07 Å². The van der Waals surface area contributed by atoms with E-state index in [0.717, 1.165) is 17.5 Å². The van der Waals surface area contributed by atoms with Gasteiger partial charge in [-0.2, -0.15) is 0 Å². The lowest BCUT2D eigenvalue weighted by atomic mass is 10.00. The molecule has 2 heteroatoms. The summed E-state index contributed by atoms with van der Waals surface area (Å²) in [4.78, 5) is 0. The van der Waals surface area contributed by atoms with Crippen molar-refractivity contribution in [2.45, 2.75) is 18.7 Å². The van der Waals surface area contributed by atoms with Crippen LogP contribution in [-0.4, -0.2) is 0 Å². The smallest absolute Gasteiger partial charge is 0.123 e. The van der Waals surface area contributed by atoms with E-state index in [0.29, 0.717) is 0 Å². The number of hydrogen-bond donors (Lipinski definition) is 0. The van der Waals surface area contributed by atoms with Crippen molar-refractivity contribution in [1.29, 1.82) is 0 Å². The van der Waals surface area contributed by atoms with Gasteiger partial charge in [0.05, 0.1) is 5.38 Å². The summed E-state index contributed by atoms with van der Waals surface area (Å²) < 4.78 is 13.0. The predicted octanol–water partition coefficient (Wildman–Crippen LogP) is 4.66. The lowest BCUT2D eigenvalue weighted by Crippen LogP contribution is -1.98. The predicted molar refractivity (Wildman–Crippen MR) is 69.9 cm³/mol. The monoisotopic (exact) mass is 248 g/mol. The summed E-state index contributed by atoms with van der Waals surface area (Å²) in [5, 5.41) is -0.113. The molecule has 2 aromatic carbocycles. The van der Waals surface area contributed by atoms with Gasteiger partial charge in [0, 0.05) is 0 Å². The summed E-state index contributed by atoms with van der Waals surface area (Å²) in [5.74, 6) is -0.213. The maximum Gasteiger partial charge on any atom is 0.123 e. The first-order valence-electron chi connectivity index (χ1n) is 5.61. The minimum absolute atomic E-state index is 0.113. The van der Waals surface area contributed by atoms with E-state index in [9.17, 15) is 4.39 Å². The summed E-state index contributed by atoms with van der Waals surface area (Å²) in [6.07, 6.45) is 0.759. The Morgan fingerprint density at radius 3 is 2.47 bits per heavy atom. The zero-order valence-corrected chi connectivity index (χ0v) is 10.4. The van der Waals surface area contributed by atoms with Gasteiger partial charge in [-0.15, -0.1) is 11.6 Å². The molecular formula is C15H14ClF. The first-order valence-corrected chi connectivity index (χ1v) is 6.04. The first-order chi connectivity index (χ1) is 8.16. The highest BCUT2D eigenvalue weighted by Gasteiger charge is 2.11. The fourth-order valence-corrected chi connectivity index (χ4v) is 2.34. The Kier molecular flexibility index (Phi) is 3.80. The Labute approximate surface area is 106 Å². The molecule has 1 unspecified atom stereocenters. The van der Waals surface area contributed by atoms with Crippen molar-refractivity contribution >= 4 is 11.6 Å². The minimum Gasteiger partial charge on any atom is -0.207 e. The topological polar surface area (TPSA) is 0 Å². The molecule has 0 saturated heterocycles. The molecule has 0 bridgehead atoms. The number of rotatable bonds is 3. The molecule has 0 radical (unpaired) electrons. The maximum absolute atomic E-state index is 13.0. The van der Waals surface area contributed by atoms with Gasteiger partial charge in [0.1, 0.15) is 5.82 Å². The fraction of sp³-hybridized carbons (Fsp3) is 0.200. The van der Waals surface area contributed by atoms with E-state index in [4.69, 9.17) is 11.6 Å². The summed E-state index contributed by atoms with van der Waals surface area (Å²) in [6.45, 7) is 1.89. The second-order valence-electron chi connectivity index (χ2n) is 4.16. The molecule has 88 valence electrons. The summed E-state index contributed by atoms with van der Waals surface area (Å²) in [6, 6.07) is 14.8. The van der Waals surface area contributed by atoms with Crippen LogP contribution in [0.3, 0.4) is 0 Å². The molecule has 0 aromatic heterocycles. The summed E-state index contributed by atoms with van der Waals surface area (Å²) in [7, 11) is 0. The molecule has 0 aliphatic rings. The first kappa shape index (κ1) is 12.1. The molecule has 1 atom stereocenters. The van der Waals surface area contributed by atoms with Crippen LogP contribution >= 0.6 is 11.6 Å². The number of benzene rings is 2. The van der Waals surface area contributed by atoms with Gasteiger partial charge in [0.15, 0.2) is 0 Å². The van der Waals surface area contributed by atoms with E-state index in [1.807, 2.05) is 37.3 Å². The summed E-state index contributed by atoms with van der Waals surface area (Å²) in [5.41, 5.74) is 3.09. The molecule has 0 fully saturated rings. The Morgan fingerprint density at radius 2 is 1.82 bits per heavy atom. The van der Waals surface area contributed by atoms with E-state index < -0.39 is 0 Å².